The number of anilines is 1. The summed E-state index contributed by atoms with van der Waals surface area (Å²) in [7, 11) is -3.70. The van der Waals surface area contributed by atoms with E-state index in [1.165, 1.54) is 30.0 Å². The Balaban J connectivity index is 1.99. The summed E-state index contributed by atoms with van der Waals surface area (Å²) in [4.78, 5) is 12.1. The number of sulfonamides is 1. The third kappa shape index (κ3) is 4.78. The number of nitrogens with one attached hydrogen (secondary N) is 1. The molecule has 0 radical (unpaired) electrons. The fourth-order valence-electron chi connectivity index (χ4n) is 2.08. The Hall–Kier alpha value is -2.44. The number of ketones is 1. The lowest BCUT2D eigenvalue weighted by molar-refractivity contribution is 0.104. The van der Waals surface area contributed by atoms with Crippen LogP contribution < -0.4 is 10.5 Å². The predicted octanol–water partition coefficient (Wildman–Crippen LogP) is 3.27. The first-order valence-corrected chi connectivity index (χ1v) is 9.02. The van der Waals surface area contributed by atoms with Gasteiger partial charge in [0.05, 0.1) is 4.90 Å². The van der Waals surface area contributed by atoms with Crippen LogP contribution >= 0.6 is 0 Å². The van der Waals surface area contributed by atoms with Crippen LogP contribution in [0, 0.1) is 0 Å². The number of carbonyl (C=O) groups excluding carboxylic acids is 1. The van der Waals surface area contributed by atoms with Crippen LogP contribution in [0.4, 0.5) is 5.69 Å². The van der Waals surface area contributed by atoms with E-state index >= 15 is 0 Å². The van der Waals surface area contributed by atoms with Crippen LogP contribution in [0.1, 0.15) is 35.7 Å². The van der Waals surface area contributed by atoms with E-state index in [2.05, 4.69) is 19.2 Å². The van der Waals surface area contributed by atoms with Gasteiger partial charge in [0.15, 0.2) is 5.78 Å². The van der Waals surface area contributed by atoms with Crippen LogP contribution in [-0.2, 0) is 10.0 Å². The maximum atomic E-state index is 12.1. The molecule has 0 aromatic heterocycles. The molecule has 0 spiro atoms. The summed E-state index contributed by atoms with van der Waals surface area (Å²) in [5.74, 6) is 0.311. The molecule has 0 aliphatic rings. The Bertz CT molecular complexity index is 837. The van der Waals surface area contributed by atoms with E-state index in [1.807, 2.05) is 24.3 Å². The molecule has 2 aromatic carbocycles. The first-order chi connectivity index (χ1) is 11.3. The van der Waals surface area contributed by atoms with E-state index in [-0.39, 0.29) is 10.7 Å². The van der Waals surface area contributed by atoms with Crippen molar-refractivity contribution in [2.24, 2.45) is 5.14 Å². The van der Waals surface area contributed by atoms with Crippen LogP contribution in [0.15, 0.2) is 65.7 Å². The van der Waals surface area contributed by atoms with Crippen molar-refractivity contribution in [3.05, 3.63) is 71.9 Å². The quantitative estimate of drug-likeness (QED) is 0.622. The van der Waals surface area contributed by atoms with Gasteiger partial charge in [-0.15, -0.1) is 0 Å². The number of hydrogen-bond acceptors (Lipinski definition) is 4. The standard InChI is InChI=1S/C18H20N2O3S/c1-13(2)14-3-5-15(6-4-14)18(21)11-12-20-16-7-9-17(10-8-16)24(19,22)23/h3-13,20H,1-2H3,(H2,19,22,23). The number of primary sulfonamides is 1. The van der Waals surface area contributed by atoms with Gasteiger partial charge in [0.2, 0.25) is 10.0 Å². The summed E-state index contributed by atoms with van der Waals surface area (Å²) < 4.78 is 22.3. The Labute approximate surface area is 142 Å². The molecule has 126 valence electrons. The normalized spacial score (nSPS) is 11.8. The second kappa shape index (κ2) is 7.42. The SMILES string of the molecule is CC(C)c1ccc(C(=O)C=CNc2ccc(S(N)(=O)=O)cc2)cc1. The van der Waals surface area contributed by atoms with Crippen LogP contribution in [0.5, 0.6) is 0 Å². The predicted molar refractivity (Wildman–Crippen MR) is 95.4 cm³/mol. The highest BCUT2D eigenvalue weighted by molar-refractivity contribution is 7.89. The molecule has 3 N–H and O–H groups in total. The van der Waals surface area contributed by atoms with E-state index < -0.39 is 10.0 Å². The molecule has 5 nitrogen and oxygen atoms in total. The van der Waals surface area contributed by atoms with Crippen LogP contribution in [0.25, 0.3) is 0 Å². The van der Waals surface area contributed by atoms with E-state index in [0.717, 1.165) is 0 Å². The van der Waals surface area contributed by atoms with E-state index in [4.69, 9.17) is 5.14 Å². The first-order valence-electron chi connectivity index (χ1n) is 7.47. The number of nitrogens with two attached hydrogens (primary N) is 1. The number of carbonyl (C=O) groups is 1. The highest BCUT2D eigenvalue weighted by Gasteiger charge is 2.06. The average Bonchev–Trinajstić information content (AvgIpc) is 2.54. The molecular formula is C18H20N2O3S. The molecule has 0 amide bonds. The molecule has 0 unspecified atom stereocenters. The van der Waals surface area contributed by atoms with Crippen molar-refractivity contribution in [2.45, 2.75) is 24.7 Å². The third-order valence-corrected chi connectivity index (χ3v) is 4.46. The molecule has 6 heteroatoms. The van der Waals surface area contributed by atoms with Gasteiger partial charge in [-0.25, -0.2) is 13.6 Å². The molecule has 0 fully saturated rings. The molecule has 0 saturated heterocycles. The fourth-order valence-corrected chi connectivity index (χ4v) is 2.60. The first kappa shape index (κ1) is 17.9. The van der Waals surface area contributed by atoms with Gasteiger partial charge in [-0.1, -0.05) is 38.1 Å². The van der Waals surface area contributed by atoms with Crippen molar-refractivity contribution in [1.82, 2.24) is 0 Å². The smallest absolute Gasteiger partial charge is 0.238 e. The zero-order valence-electron chi connectivity index (χ0n) is 13.6. The van der Waals surface area contributed by atoms with E-state index in [9.17, 15) is 13.2 Å². The maximum absolute atomic E-state index is 12.1. The van der Waals surface area contributed by atoms with Crippen molar-refractivity contribution >= 4 is 21.5 Å². The summed E-state index contributed by atoms with van der Waals surface area (Å²) in [6.45, 7) is 4.20. The molecule has 2 aromatic rings. The molecule has 0 aliphatic heterocycles. The van der Waals surface area contributed by atoms with E-state index in [1.54, 1.807) is 12.1 Å². The highest BCUT2D eigenvalue weighted by atomic mass is 32.2. The van der Waals surface area contributed by atoms with Crippen molar-refractivity contribution in [2.75, 3.05) is 5.32 Å². The van der Waals surface area contributed by atoms with Gasteiger partial charge in [-0.3, -0.25) is 4.79 Å². The highest BCUT2D eigenvalue weighted by Crippen LogP contribution is 2.15. The van der Waals surface area contributed by atoms with Crippen molar-refractivity contribution < 1.29 is 13.2 Å². The minimum atomic E-state index is -3.70. The van der Waals surface area contributed by atoms with Gasteiger partial charge in [0.25, 0.3) is 0 Å². The molecule has 0 aliphatic carbocycles. The lowest BCUT2D eigenvalue weighted by atomic mass is 10.0. The molecule has 24 heavy (non-hydrogen) atoms. The second-order valence-electron chi connectivity index (χ2n) is 5.69. The topological polar surface area (TPSA) is 89.3 Å². The molecular weight excluding hydrogens is 324 g/mol. The number of hydrogen-bond donors (Lipinski definition) is 2. The van der Waals surface area contributed by atoms with Crippen LogP contribution in [0.3, 0.4) is 0 Å². The molecule has 2 rings (SSSR count). The lowest BCUT2D eigenvalue weighted by Crippen LogP contribution is -2.11. The van der Waals surface area contributed by atoms with Gasteiger partial charge in [-0.05, 0) is 35.7 Å². The van der Waals surface area contributed by atoms with Crippen molar-refractivity contribution in [1.29, 1.82) is 0 Å². The van der Waals surface area contributed by atoms with Gasteiger partial charge in [-0.2, -0.15) is 0 Å². The van der Waals surface area contributed by atoms with Gasteiger partial charge >= 0.3 is 0 Å². The van der Waals surface area contributed by atoms with Crippen LogP contribution in [0.2, 0.25) is 0 Å². The molecule has 0 bridgehead atoms. The monoisotopic (exact) mass is 344 g/mol. The zero-order valence-corrected chi connectivity index (χ0v) is 14.4. The Morgan fingerprint density at radius 1 is 1.04 bits per heavy atom. The number of rotatable bonds is 6. The largest absolute Gasteiger partial charge is 0.362 e. The summed E-state index contributed by atoms with van der Waals surface area (Å²) in [5.41, 5.74) is 2.45. The van der Waals surface area contributed by atoms with Gasteiger partial charge in [0, 0.05) is 23.5 Å². The molecule has 0 saturated carbocycles. The van der Waals surface area contributed by atoms with Gasteiger partial charge in [0.1, 0.15) is 0 Å². The van der Waals surface area contributed by atoms with Crippen molar-refractivity contribution in [3.8, 4) is 0 Å². The van der Waals surface area contributed by atoms with Crippen LogP contribution in [-0.4, -0.2) is 14.2 Å². The summed E-state index contributed by atoms with van der Waals surface area (Å²) in [6.07, 6.45) is 2.95. The lowest BCUT2D eigenvalue weighted by Gasteiger charge is -2.05. The molecule has 0 atom stereocenters. The molecule has 0 heterocycles. The third-order valence-electron chi connectivity index (χ3n) is 3.53. The summed E-state index contributed by atoms with van der Waals surface area (Å²) in [6, 6.07) is 13.5. The number of allylic oxidation sites excluding steroid dienone is 1. The Morgan fingerprint density at radius 2 is 1.62 bits per heavy atom. The zero-order chi connectivity index (χ0) is 17.7. The minimum Gasteiger partial charge on any atom is -0.362 e. The minimum absolute atomic E-state index is 0.0401. The Morgan fingerprint density at radius 3 is 2.12 bits per heavy atom. The number of benzene rings is 2. The fraction of sp³-hybridized carbons (Fsp3) is 0.167. The Kier molecular flexibility index (Phi) is 5.54. The van der Waals surface area contributed by atoms with Gasteiger partial charge < -0.3 is 5.32 Å². The summed E-state index contributed by atoms with van der Waals surface area (Å²) in [5, 5.41) is 7.95. The van der Waals surface area contributed by atoms with E-state index in [0.29, 0.717) is 17.2 Å². The second-order valence-corrected chi connectivity index (χ2v) is 7.25. The maximum Gasteiger partial charge on any atom is 0.238 e. The van der Waals surface area contributed by atoms with Crippen molar-refractivity contribution in [3.63, 3.8) is 0 Å². The summed E-state index contributed by atoms with van der Waals surface area (Å²) >= 11 is 0. The average molecular weight is 344 g/mol.